The van der Waals surface area contributed by atoms with Crippen LogP contribution in [0.2, 0.25) is 0 Å². The van der Waals surface area contributed by atoms with Gasteiger partial charge in [0.25, 0.3) is 0 Å². The summed E-state index contributed by atoms with van der Waals surface area (Å²) < 4.78 is 7.24. The molecule has 100 valence electrons. The molecule has 3 rings (SSSR count). The zero-order valence-corrected chi connectivity index (χ0v) is 12.6. The Morgan fingerprint density at radius 2 is 2.05 bits per heavy atom. The zero-order valence-electron chi connectivity index (χ0n) is 11.0. The van der Waals surface area contributed by atoms with Crippen molar-refractivity contribution in [2.45, 2.75) is 18.9 Å². The Bertz CT molecular complexity index is 579. The number of benzene rings is 1. The van der Waals surface area contributed by atoms with Crippen molar-refractivity contribution in [3.63, 3.8) is 0 Å². The molecule has 0 spiro atoms. The molecule has 0 saturated carbocycles. The second kappa shape index (κ2) is 5.47. The second-order valence-electron chi connectivity index (χ2n) is 5.09. The van der Waals surface area contributed by atoms with Crippen LogP contribution in [0.25, 0.3) is 10.9 Å². The standard InChI is InChI=1S/C15H17BrN2O/c1-18-8-5-12(6-9-18)19-15-4-7-17-14-3-2-11(16)10-13(14)15/h2-4,7,10,12H,5-6,8-9H2,1H3. The lowest BCUT2D eigenvalue weighted by atomic mass is 10.1. The van der Waals surface area contributed by atoms with Crippen LogP contribution in [0.1, 0.15) is 12.8 Å². The molecule has 2 heterocycles. The first-order chi connectivity index (χ1) is 9.22. The smallest absolute Gasteiger partial charge is 0.130 e. The van der Waals surface area contributed by atoms with E-state index in [0.717, 1.165) is 47.1 Å². The van der Waals surface area contributed by atoms with E-state index in [0.29, 0.717) is 6.10 Å². The number of ether oxygens (including phenoxy) is 1. The maximum Gasteiger partial charge on any atom is 0.130 e. The maximum absolute atomic E-state index is 6.18. The van der Waals surface area contributed by atoms with Gasteiger partial charge in [0, 0.05) is 29.1 Å². The Morgan fingerprint density at radius 1 is 1.26 bits per heavy atom. The van der Waals surface area contributed by atoms with Crippen LogP contribution >= 0.6 is 15.9 Å². The average molecular weight is 321 g/mol. The highest BCUT2D eigenvalue weighted by Gasteiger charge is 2.18. The minimum Gasteiger partial charge on any atom is -0.490 e. The van der Waals surface area contributed by atoms with Crippen LogP contribution in [0.3, 0.4) is 0 Å². The summed E-state index contributed by atoms with van der Waals surface area (Å²) in [4.78, 5) is 6.73. The van der Waals surface area contributed by atoms with E-state index in [2.05, 4.69) is 38.9 Å². The fourth-order valence-corrected chi connectivity index (χ4v) is 2.84. The lowest BCUT2D eigenvalue weighted by Crippen LogP contribution is -2.35. The molecule has 3 nitrogen and oxygen atoms in total. The van der Waals surface area contributed by atoms with E-state index in [-0.39, 0.29) is 0 Å². The van der Waals surface area contributed by atoms with Crippen LogP contribution in [0.5, 0.6) is 5.75 Å². The molecular weight excluding hydrogens is 304 g/mol. The molecule has 1 aromatic carbocycles. The van der Waals surface area contributed by atoms with Gasteiger partial charge in [-0.3, -0.25) is 4.98 Å². The normalized spacial score (nSPS) is 17.8. The van der Waals surface area contributed by atoms with Gasteiger partial charge in [-0.1, -0.05) is 15.9 Å². The summed E-state index contributed by atoms with van der Waals surface area (Å²) >= 11 is 3.51. The van der Waals surface area contributed by atoms with Gasteiger partial charge < -0.3 is 9.64 Å². The Kier molecular flexibility index (Phi) is 3.71. The number of rotatable bonds is 2. The lowest BCUT2D eigenvalue weighted by Gasteiger charge is -2.29. The number of aromatic nitrogens is 1. The SMILES string of the molecule is CN1CCC(Oc2ccnc3ccc(Br)cc23)CC1. The van der Waals surface area contributed by atoms with Crippen LogP contribution in [0, 0.1) is 0 Å². The molecule has 1 fully saturated rings. The van der Waals surface area contributed by atoms with Gasteiger partial charge in [0.15, 0.2) is 0 Å². The highest BCUT2D eigenvalue weighted by molar-refractivity contribution is 9.10. The summed E-state index contributed by atoms with van der Waals surface area (Å²) in [7, 11) is 2.16. The Morgan fingerprint density at radius 3 is 2.84 bits per heavy atom. The molecule has 0 aliphatic carbocycles. The van der Waals surface area contributed by atoms with E-state index < -0.39 is 0 Å². The minimum absolute atomic E-state index is 0.320. The molecule has 1 saturated heterocycles. The molecule has 0 amide bonds. The van der Waals surface area contributed by atoms with Crippen LogP contribution in [-0.2, 0) is 0 Å². The van der Waals surface area contributed by atoms with Crippen molar-refractivity contribution in [3.05, 3.63) is 34.9 Å². The molecule has 1 aromatic heterocycles. The van der Waals surface area contributed by atoms with Gasteiger partial charge in [0.05, 0.1) is 5.52 Å². The third kappa shape index (κ3) is 2.90. The maximum atomic E-state index is 6.18. The summed E-state index contributed by atoms with van der Waals surface area (Å²) in [6, 6.07) is 8.06. The molecule has 0 unspecified atom stereocenters. The molecule has 4 heteroatoms. The predicted octanol–water partition coefficient (Wildman–Crippen LogP) is 3.47. The fourth-order valence-electron chi connectivity index (χ4n) is 2.48. The van der Waals surface area contributed by atoms with E-state index in [1.165, 1.54) is 0 Å². The monoisotopic (exact) mass is 320 g/mol. The van der Waals surface area contributed by atoms with Crippen molar-refractivity contribution in [1.82, 2.24) is 9.88 Å². The molecular formula is C15H17BrN2O. The summed E-state index contributed by atoms with van der Waals surface area (Å²) in [6.07, 6.45) is 4.32. The third-order valence-corrected chi connectivity index (χ3v) is 4.12. The number of hydrogen-bond donors (Lipinski definition) is 0. The van der Waals surface area contributed by atoms with Crippen LogP contribution in [-0.4, -0.2) is 36.1 Å². The minimum atomic E-state index is 0.320. The van der Waals surface area contributed by atoms with E-state index in [1.807, 2.05) is 24.4 Å². The van der Waals surface area contributed by atoms with Gasteiger partial charge >= 0.3 is 0 Å². The molecule has 1 aliphatic heterocycles. The predicted molar refractivity (Wildman–Crippen MR) is 80.6 cm³/mol. The average Bonchev–Trinajstić information content (AvgIpc) is 2.42. The number of pyridine rings is 1. The van der Waals surface area contributed by atoms with Crippen LogP contribution < -0.4 is 4.74 Å². The first-order valence-electron chi connectivity index (χ1n) is 6.62. The lowest BCUT2D eigenvalue weighted by molar-refractivity contribution is 0.115. The highest BCUT2D eigenvalue weighted by Crippen LogP contribution is 2.29. The number of piperidine rings is 1. The van der Waals surface area contributed by atoms with Gasteiger partial charge in [0.1, 0.15) is 11.9 Å². The summed E-state index contributed by atoms with van der Waals surface area (Å²) in [5.74, 6) is 0.945. The number of halogens is 1. The van der Waals surface area contributed by atoms with Crippen molar-refractivity contribution in [1.29, 1.82) is 0 Å². The van der Waals surface area contributed by atoms with Gasteiger partial charge in [-0.15, -0.1) is 0 Å². The van der Waals surface area contributed by atoms with E-state index in [4.69, 9.17) is 4.74 Å². The van der Waals surface area contributed by atoms with Gasteiger partial charge in [0.2, 0.25) is 0 Å². The Balaban J connectivity index is 1.86. The topological polar surface area (TPSA) is 25.4 Å². The molecule has 19 heavy (non-hydrogen) atoms. The van der Waals surface area contributed by atoms with E-state index in [1.54, 1.807) is 0 Å². The fraction of sp³-hybridized carbons (Fsp3) is 0.400. The number of nitrogens with zero attached hydrogens (tertiary/aromatic N) is 2. The highest BCUT2D eigenvalue weighted by atomic mass is 79.9. The third-order valence-electron chi connectivity index (χ3n) is 3.62. The number of fused-ring (bicyclic) bond motifs is 1. The van der Waals surface area contributed by atoms with E-state index >= 15 is 0 Å². The Hall–Kier alpha value is -1.13. The summed E-state index contributed by atoms with van der Waals surface area (Å²) in [5.41, 5.74) is 0.980. The van der Waals surface area contributed by atoms with Crippen molar-refractivity contribution < 1.29 is 4.74 Å². The molecule has 0 N–H and O–H groups in total. The number of likely N-dealkylation sites (tertiary alicyclic amines) is 1. The van der Waals surface area contributed by atoms with Gasteiger partial charge in [-0.25, -0.2) is 0 Å². The first-order valence-corrected chi connectivity index (χ1v) is 7.41. The van der Waals surface area contributed by atoms with E-state index in [9.17, 15) is 0 Å². The zero-order chi connectivity index (χ0) is 13.2. The summed E-state index contributed by atoms with van der Waals surface area (Å²) in [5, 5.41) is 1.08. The molecule has 1 aliphatic rings. The molecule has 0 atom stereocenters. The molecule has 2 aromatic rings. The summed E-state index contributed by atoms with van der Waals surface area (Å²) in [6.45, 7) is 2.22. The largest absolute Gasteiger partial charge is 0.490 e. The molecule has 0 bridgehead atoms. The molecule has 0 radical (unpaired) electrons. The van der Waals surface area contributed by atoms with Crippen molar-refractivity contribution >= 4 is 26.8 Å². The first kappa shape index (κ1) is 12.9. The Labute approximate surface area is 121 Å². The van der Waals surface area contributed by atoms with Crippen molar-refractivity contribution in [3.8, 4) is 5.75 Å². The van der Waals surface area contributed by atoms with Crippen LogP contribution in [0.15, 0.2) is 34.9 Å². The number of hydrogen-bond acceptors (Lipinski definition) is 3. The van der Waals surface area contributed by atoms with Gasteiger partial charge in [-0.2, -0.15) is 0 Å². The quantitative estimate of drug-likeness (QED) is 0.847. The van der Waals surface area contributed by atoms with Crippen molar-refractivity contribution in [2.24, 2.45) is 0 Å². The van der Waals surface area contributed by atoms with Crippen LogP contribution in [0.4, 0.5) is 0 Å². The van der Waals surface area contributed by atoms with Gasteiger partial charge in [-0.05, 0) is 44.2 Å². The van der Waals surface area contributed by atoms with Crippen molar-refractivity contribution in [2.75, 3.05) is 20.1 Å². The second-order valence-corrected chi connectivity index (χ2v) is 6.01.